The van der Waals surface area contributed by atoms with E-state index in [-0.39, 0.29) is 11.3 Å². The second kappa shape index (κ2) is 5.09. The molecule has 0 aliphatic rings. The van der Waals surface area contributed by atoms with E-state index in [0.717, 1.165) is 0 Å². The molecular weight excluding hydrogens is 230 g/mol. The third kappa shape index (κ3) is 3.03. The zero-order chi connectivity index (χ0) is 11.5. The SMILES string of the molecule is CNC(C)CC(C)S(=O)(=O)c1cccs1. The molecule has 0 spiro atoms. The fourth-order valence-corrected chi connectivity index (χ4v) is 4.22. The molecule has 15 heavy (non-hydrogen) atoms. The van der Waals surface area contributed by atoms with Crippen molar-refractivity contribution in [2.45, 2.75) is 35.8 Å². The van der Waals surface area contributed by atoms with E-state index in [2.05, 4.69) is 5.32 Å². The first-order valence-corrected chi connectivity index (χ1v) is 7.35. The summed E-state index contributed by atoms with van der Waals surface area (Å²) in [7, 11) is -1.28. The van der Waals surface area contributed by atoms with Crippen LogP contribution in [0.25, 0.3) is 0 Å². The lowest BCUT2D eigenvalue weighted by Crippen LogP contribution is -2.29. The van der Waals surface area contributed by atoms with E-state index in [0.29, 0.717) is 10.6 Å². The van der Waals surface area contributed by atoms with Crippen molar-refractivity contribution in [3.8, 4) is 0 Å². The Kier molecular flexibility index (Phi) is 4.31. The minimum atomic E-state index is -3.12. The summed E-state index contributed by atoms with van der Waals surface area (Å²) in [5.74, 6) is 0. The topological polar surface area (TPSA) is 46.2 Å². The molecule has 1 rings (SSSR count). The van der Waals surface area contributed by atoms with Gasteiger partial charge < -0.3 is 5.32 Å². The van der Waals surface area contributed by atoms with Crippen molar-refractivity contribution in [2.24, 2.45) is 0 Å². The van der Waals surface area contributed by atoms with Gasteiger partial charge in [0.1, 0.15) is 4.21 Å². The highest BCUT2D eigenvalue weighted by Gasteiger charge is 2.25. The number of nitrogens with one attached hydrogen (secondary N) is 1. The Bertz CT molecular complexity index is 384. The van der Waals surface area contributed by atoms with Crippen LogP contribution in [0.15, 0.2) is 21.7 Å². The van der Waals surface area contributed by atoms with Crippen molar-refractivity contribution in [3.05, 3.63) is 17.5 Å². The van der Waals surface area contributed by atoms with E-state index < -0.39 is 9.84 Å². The lowest BCUT2D eigenvalue weighted by Gasteiger charge is -2.16. The molecule has 0 aromatic carbocycles. The van der Waals surface area contributed by atoms with Crippen molar-refractivity contribution in [1.29, 1.82) is 0 Å². The molecule has 0 radical (unpaired) electrons. The molecule has 2 unspecified atom stereocenters. The minimum Gasteiger partial charge on any atom is -0.317 e. The largest absolute Gasteiger partial charge is 0.317 e. The molecule has 1 heterocycles. The Balaban J connectivity index is 2.79. The molecular formula is C10H17NO2S2. The summed E-state index contributed by atoms with van der Waals surface area (Å²) in [6.07, 6.45) is 0.636. The maximum Gasteiger partial charge on any atom is 0.190 e. The van der Waals surface area contributed by atoms with Gasteiger partial charge in [-0.3, -0.25) is 0 Å². The molecule has 0 saturated heterocycles. The van der Waals surface area contributed by atoms with E-state index in [4.69, 9.17) is 0 Å². The number of rotatable bonds is 5. The number of hydrogen-bond acceptors (Lipinski definition) is 4. The second-order valence-electron chi connectivity index (χ2n) is 3.71. The third-order valence-corrected chi connectivity index (χ3v) is 6.08. The van der Waals surface area contributed by atoms with Gasteiger partial charge >= 0.3 is 0 Å². The Morgan fingerprint density at radius 2 is 2.13 bits per heavy atom. The fourth-order valence-electron chi connectivity index (χ4n) is 1.37. The Morgan fingerprint density at radius 3 is 2.60 bits per heavy atom. The first-order chi connectivity index (χ1) is 6.98. The van der Waals surface area contributed by atoms with Gasteiger partial charge in [0.15, 0.2) is 9.84 Å². The second-order valence-corrected chi connectivity index (χ2v) is 7.25. The standard InChI is InChI=1S/C10H17NO2S2/c1-8(11-3)7-9(2)15(12,13)10-5-4-6-14-10/h4-6,8-9,11H,7H2,1-3H3. The molecule has 3 nitrogen and oxygen atoms in total. The van der Waals surface area contributed by atoms with E-state index in [1.165, 1.54) is 11.3 Å². The molecule has 1 aromatic heterocycles. The van der Waals surface area contributed by atoms with Gasteiger partial charge in [-0.2, -0.15) is 0 Å². The van der Waals surface area contributed by atoms with Gasteiger partial charge in [0.05, 0.1) is 5.25 Å². The highest BCUT2D eigenvalue weighted by molar-refractivity contribution is 7.94. The van der Waals surface area contributed by atoms with Gasteiger partial charge in [0.25, 0.3) is 0 Å². The van der Waals surface area contributed by atoms with E-state index in [1.54, 1.807) is 24.4 Å². The summed E-state index contributed by atoms with van der Waals surface area (Å²) >= 11 is 1.28. The van der Waals surface area contributed by atoms with E-state index >= 15 is 0 Å². The zero-order valence-electron chi connectivity index (χ0n) is 9.23. The van der Waals surface area contributed by atoms with E-state index in [9.17, 15) is 8.42 Å². The summed E-state index contributed by atoms with van der Waals surface area (Å²) < 4.78 is 24.5. The van der Waals surface area contributed by atoms with Gasteiger partial charge in [0, 0.05) is 6.04 Å². The molecule has 86 valence electrons. The molecule has 0 amide bonds. The van der Waals surface area contributed by atoms with Crippen LogP contribution < -0.4 is 5.32 Å². The lowest BCUT2D eigenvalue weighted by molar-refractivity contribution is 0.531. The molecule has 0 saturated carbocycles. The van der Waals surface area contributed by atoms with Crippen LogP contribution in [0.2, 0.25) is 0 Å². The fraction of sp³-hybridized carbons (Fsp3) is 0.600. The Labute approximate surface area is 95.4 Å². The maximum atomic E-state index is 12.0. The van der Waals surface area contributed by atoms with Crippen molar-refractivity contribution in [3.63, 3.8) is 0 Å². The molecule has 1 aromatic rings. The monoisotopic (exact) mass is 247 g/mol. The Hall–Kier alpha value is -0.390. The first-order valence-electron chi connectivity index (χ1n) is 4.93. The molecule has 2 atom stereocenters. The van der Waals surface area contributed by atoms with E-state index in [1.807, 2.05) is 14.0 Å². The molecule has 0 bridgehead atoms. The van der Waals surface area contributed by atoms with Crippen molar-refractivity contribution in [2.75, 3.05) is 7.05 Å². The predicted molar refractivity (Wildman–Crippen MR) is 64.1 cm³/mol. The highest BCUT2D eigenvalue weighted by Crippen LogP contribution is 2.23. The third-order valence-electron chi connectivity index (χ3n) is 2.48. The summed E-state index contributed by atoms with van der Waals surface area (Å²) in [6, 6.07) is 3.65. The van der Waals surface area contributed by atoms with Crippen LogP contribution in [0.3, 0.4) is 0 Å². The maximum absolute atomic E-state index is 12.0. The van der Waals surface area contributed by atoms with Gasteiger partial charge in [-0.25, -0.2) is 8.42 Å². The lowest BCUT2D eigenvalue weighted by atomic mass is 10.2. The van der Waals surface area contributed by atoms with Crippen LogP contribution in [-0.4, -0.2) is 26.8 Å². The normalized spacial score (nSPS) is 16.2. The van der Waals surface area contributed by atoms with Crippen molar-refractivity contribution < 1.29 is 8.42 Å². The molecule has 0 fully saturated rings. The smallest absolute Gasteiger partial charge is 0.190 e. The average molecular weight is 247 g/mol. The van der Waals surface area contributed by atoms with Gasteiger partial charge in [-0.05, 0) is 38.8 Å². The first kappa shape index (κ1) is 12.7. The molecule has 1 N–H and O–H groups in total. The van der Waals surface area contributed by atoms with Crippen molar-refractivity contribution in [1.82, 2.24) is 5.32 Å². The average Bonchev–Trinajstić information content (AvgIpc) is 2.70. The van der Waals surface area contributed by atoms with Crippen molar-refractivity contribution >= 4 is 21.2 Å². The Morgan fingerprint density at radius 1 is 1.47 bits per heavy atom. The van der Waals surface area contributed by atoms with Crippen LogP contribution in [0.4, 0.5) is 0 Å². The van der Waals surface area contributed by atoms with Crippen LogP contribution in [0.1, 0.15) is 20.3 Å². The van der Waals surface area contributed by atoms with Crippen LogP contribution in [0.5, 0.6) is 0 Å². The van der Waals surface area contributed by atoms with Crippen LogP contribution >= 0.6 is 11.3 Å². The molecule has 0 aliphatic carbocycles. The van der Waals surface area contributed by atoms with Crippen LogP contribution in [-0.2, 0) is 9.84 Å². The summed E-state index contributed by atoms with van der Waals surface area (Å²) in [5.41, 5.74) is 0. The summed E-state index contributed by atoms with van der Waals surface area (Å²) in [5, 5.41) is 4.51. The van der Waals surface area contributed by atoms with Crippen LogP contribution in [0, 0.1) is 0 Å². The molecule has 0 aliphatic heterocycles. The highest BCUT2D eigenvalue weighted by atomic mass is 32.2. The van der Waals surface area contributed by atoms with Gasteiger partial charge in [-0.15, -0.1) is 11.3 Å². The minimum absolute atomic E-state index is 0.217. The van der Waals surface area contributed by atoms with Gasteiger partial charge in [-0.1, -0.05) is 6.07 Å². The zero-order valence-corrected chi connectivity index (χ0v) is 10.9. The number of sulfone groups is 1. The summed E-state index contributed by atoms with van der Waals surface area (Å²) in [6.45, 7) is 3.75. The summed E-state index contributed by atoms with van der Waals surface area (Å²) in [4.78, 5) is 0. The molecule has 5 heteroatoms. The number of thiophene rings is 1. The van der Waals surface area contributed by atoms with Gasteiger partial charge in [0.2, 0.25) is 0 Å². The number of hydrogen-bond donors (Lipinski definition) is 1. The predicted octanol–water partition coefficient (Wildman–Crippen LogP) is 1.91. The quantitative estimate of drug-likeness (QED) is 0.864.